The van der Waals surface area contributed by atoms with Crippen LogP contribution in [0.3, 0.4) is 0 Å². The Balaban J connectivity index is 1.18. The van der Waals surface area contributed by atoms with Gasteiger partial charge in [-0.15, -0.1) is 0 Å². The molecule has 4 heterocycles. The summed E-state index contributed by atoms with van der Waals surface area (Å²) in [7, 11) is 0. The van der Waals surface area contributed by atoms with Gasteiger partial charge in [0, 0.05) is 42.5 Å². The number of fused-ring (bicyclic) bond motifs is 6. The van der Waals surface area contributed by atoms with E-state index in [1.54, 1.807) is 29.2 Å². The molecule has 6 unspecified atom stereocenters. The molecule has 3 amide bonds. The van der Waals surface area contributed by atoms with Crippen LogP contribution in [0.4, 0.5) is 5.69 Å². The van der Waals surface area contributed by atoms with Gasteiger partial charge in [0.25, 0.3) is 5.91 Å². The number of rotatable bonds is 5. The summed E-state index contributed by atoms with van der Waals surface area (Å²) in [6.45, 7) is 3.41. The van der Waals surface area contributed by atoms with E-state index in [1.807, 2.05) is 24.3 Å². The van der Waals surface area contributed by atoms with Gasteiger partial charge < -0.3 is 24.2 Å². The van der Waals surface area contributed by atoms with Crippen molar-refractivity contribution >= 4 is 23.4 Å². The van der Waals surface area contributed by atoms with E-state index >= 15 is 0 Å². The molecule has 4 fully saturated rings. The monoisotopic (exact) mass is 543 g/mol. The van der Waals surface area contributed by atoms with Gasteiger partial charge in [-0.1, -0.05) is 30.4 Å². The van der Waals surface area contributed by atoms with Crippen LogP contribution >= 0.6 is 0 Å². The summed E-state index contributed by atoms with van der Waals surface area (Å²) in [5.41, 5.74) is 1.78. The summed E-state index contributed by atoms with van der Waals surface area (Å²) < 4.78 is 16.5. The average molecular weight is 544 g/mol. The Labute approximate surface area is 230 Å². The van der Waals surface area contributed by atoms with E-state index in [0.717, 1.165) is 25.1 Å². The van der Waals surface area contributed by atoms with E-state index in [9.17, 15) is 19.5 Å². The quantitative estimate of drug-likeness (QED) is 0.348. The molecule has 1 N–H and O–H groups in total. The molecule has 206 valence electrons. The van der Waals surface area contributed by atoms with Crippen LogP contribution in [0.25, 0.3) is 0 Å². The number of benzene rings is 2. The minimum Gasteiger partial charge on any atom is -0.507 e. The molecule has 0 radical (unpaired) electrons. The maximum absolute atomic E-state index is 13.9. The zero-order valence-electron chi connectivity index (χ0n) is 21.8. The number of nitrogens with zero attached hydrogens (tertiary/aromatic N) is 3. The first kappa shape index (κ1) is 24.0. The molecule has 0 spiro atoms. The van der Waals surface area contributed by atoms with Gasteiger partial charge in [0.05, 0.1) is 31.1 Å². The third-order valence-electron chi connectivity index (χ3n) is 9.45. The minimum atomic E-state index is -1.03. The van der Waals surface area contributed by atoms with Crippen LogP contribution in [0.15, 0.2) is 48.6 Å². The summed E-state index contributed by atoms with van der Waals surface area (Å²) in [6, 6.07) is 8.96. The summed E-state index contributed by atoms with van der Waals surface area (Å²) in [6.07, 6.45) is 4.90. The second-order valence-corrected chi connectivity index (χ2v) is 11.4. The fourth-order valence-corrected chi connectivity index (χ4v) is 7.53. The molecule has 10 nitrogen and oxygen atoms in total. The van der Waals surface area contributed by atoms with Crippen molar-refractivity contribution < 1.29 is 33.7 Å². The molecule has 10 heteroatoms. The number of carbonyl (C=O) groups is 3. The zero-order chi connectivity index (χ0) is 27.1. The lowest BCUT2D eigenvalue weighted by atomic mass is 9.84. The second kappa shape index (κ2) is 8.81. The van der Waals surface area contributed by atoms with Crippen LogP contribution in [-0.4, -0.2) is 71.8 Å². The van der Waals surface area contributed by atoms with Crippen LogP contribution in [0.1, 0.15) is 23.6 Å². The van der Waals surface area contributed by atoms with Gasteiger partial charge in [-0.05, 0) is 30.4 Å². The molecule has 2 aromatic carbocycles. The van der Waals surface area contributed by atoms with Crippen molar-refractivity contribution in [3.8, 4) is 17.2 Å². The fourth-order valence-electron chi connectivity index (χ4n) is 7.53. The molecule has 40 heavy (non-hydrogen) atoms. The Morgan fingerprint density at radius 2 is 1.55 bits per heavy atom. The Morgan fingerprint density at radius 1 is 0.825 bits per heavy atom. The van der Waals surface area contributed by atoms with E-state index in [0.29, 0.717) is 42.5 Å². The Bertz CT molecular complexity index is 1440. The number of morpholine rings is 1. The predicted octanol–water partition coefficient (Wildman–Crippen LogP) is 2.22. The largest absolute Gasteiger partial charge is 0.507 e. The smallest absolute Gasteiger partial charge is 0.253 e. The molecule has 1 saturated carbocycles. The number of anilines is 1. The minimum absolute atomic E-state index is 0.0419. The number of hydrogen-bond acceptors (Lipinski definition) is 8. The number of phenolic OH excluding ortho intramolecular Hbond substituents is 1. The highest BCUT2D eigenvalue weighted by Crippen LogP contribution is 2.56. The predicted molar refractivity (Wildman–Crippen MR) is 140 cm³/mol. The van der Waals surface area contributed by atoms with Crippen molar-refractivity contribution in [3.63, 3.8) is 0 Å². The lowest BCUT2D eigenvalue weighted by Crippen LogP contribution is -2.67. The van der Waals surface area contributed by atoms with Crippen molar-refractivity contribution in [3.05, 3.63) is 59.7 Å². The molecular formula is C30H29N3O7. The second-order valence-electron chi connectivity index (χ2n) is 11.4. The molecule has 0 aromatic heterocycles. The Kier molecular flexibility index (Phi) is 5.27. The van der Waals surface area contributed by atoms with Gasteiger partial charge in [-0.3, -0.25) is 24.2 Å². The SMILES string of the molecule is O=C1C2C3C=CC(C3)C2C(=O)N1C1C(=O)N(c2ccc3c(c2)OCO3)C1c1cccc(CN2CCOCC2)c1O. The molecule has 3 saturated heterocycles. The van der Waals surface area contributed by atoms with Crippen molar-refractivity contribution in [1.82, 2.24) is 9.80 Å². The maximum atomic E-state index is 13.9. The molecule has 2 bridgehead atoms. The lowest BCUT2D eigenvalue weighted by molar-refractivity contribution is -0.153. The van der Waals surface area contributed by atoms with Crippen LogP contribution in [0.2, 0.25) is 0 Å². The standard InChI is InChI=1S/C30H29N3O7/c34-27-18(14-31-8-10-38-11-9-31)2-1-3-20(27)25-26(30(37)32(25)19-6-7-21-22(13-19)40-15-39-21)33-28(35)23-16-4-5-17(12-16)24(23)29(33)36/h1-7,13,16-17,23-26,34H,8-12,14-15H2. The Morgan fingerprint density at radius 3 is 2.30 bits per heavy atom. The molecule has 6 atom stereocenters. The van der Waals surface area contributed by atoms with E-state index in [4.69, 9.17) is 14.2 Å². The summed E-state index contributed by atoms with van der Waals surface area (Å²) in [5.74, 6) is -0.459. The number of amides is 3. The van der Waals surface area contributed by atoms with E-state index < -0.39 is 23.9 Å². The zero-order valence-corrected chi connectivity index (χ0v) is 21.8. The highest BCUT2D eigenvalue weighted by atomic mass is 16.7. The van der Waals surface area contributed by atoms with Crippen molar-refractivity contribution in [2.45, 2.75) is 25.0 Å². The van der Waals surface area contributed by atoms with Gasteiger partial charge in [0.15, 0.2) is 11.5 Å². The van der Waals surface area contributed by atoms with Crippen LogP contribution < -0.4 is 14.4 Å². The number of imide groups is 1. The number of phenols is 1. The first-order valence-corrected chi connectivity index (χ1v) is 13.9. The van der Waals surface area contributed by atoms with Crippen LogP contribution in [0.5, 0.6) is 17.2 Å². The van der Waals surface area contributed by atoms with Gasteiger partial charge in [0.2, 0.25) is 18.6 Å². The number of likely N-dealkylation sites (tertiary alicyclic amines) is 1. The number of para-hydroxylation sites is 1. The number of β-lactam (4-membered cyclic amide) rings is 1. The Hall–Kier alpha value is -3.89. The topological polar surface area (TPSA) is 109 Å². The number of hydrogen-bond donors (Lipinski definition) is 1. The van der Waals surface area contributed by atoms with Crippen LogP contribution in [0, 0.1) is 23.7 Å². The lowest BCUT2D eigenvalue weighted by Gasteiger charge is -2.50. The van der Waals surface area contributed by atoms with Crippen LogP contribution in [-0.2, 0) is 25.7 Å². The molecular weight excluding hydrogens is 514 g/mol. The highest BCUT2D eigenvalue weighted by molar-refractivity contribution is 6.15. The first-order chi connectivity index (χ1) is 19.5. The van der Waals surface area contributed by atoms with E-state index in [2.05, 4.69) is 4.90 Å². The van der Waals surface area contributed by atoms with Crippen molar-refractivity contribution in [1.29, 1.82) is 0 Å². The summed E-state index contributed by atoms with van der Waals surface area (Å²) >= 11 is 0. The van der Waals surface area contributed by atoms with Gasteiger partial charge in [-0.2, -0.15) is 0 Å². The van der Waals surface area contributed by atoms with Crippen molar-refractivity contribution in [2.24, 2.45) is 23.7 Å². The van der Waals surface area contributed by atoms with E-state index in [1.165, 1.54) is 4.90 Å². The molecule has 6 aliphatic rings. The molecule has 8 rings (SSSR count). The number of allylic oxidation sites excluding steroid dienone is 2. The average Bonchev–Trinajstić information content (AvgIpc) is 3.75. The maximum Gasteiger partial charge on any atom is 0.253 e. The van der Waals surface area contributed by atoms with Crippen molar-refractivity contribution in [2.75, 3.05) is 38.0 Å². The number of aromatic hydroxyl groups is 1. The van der Waals surface area contributed by atoms with Gasteiger partial charge in [0.1, 0.15) is 11.8 Å². The van der Waals surface area contributed by atoms with Gasteiger partial charge >= 0.3 is 0 Å². The molecule has 4 aliphatic heterocycles. The normalized spacial score (nSPS) is 32.2. The van der Waals surface area contributed by atoms with E-state index in [-0.39, 0.29) is 42.1 Å². The van der Waals surface area contributed by atoms with Gasteiger partial charge in [-0.25, -0.2) is 0 Å². The summed E-state index contributed by atoms with van der Waals surface area (Å²) in [4.78, 5) is 46.4. The first-order valence-electron chi connectivity index (χ1n) is 13.9. The molecule has 2 aromatic rings. The third kappa shape index (κ3) is 3.32. The third-order valence-corrected chi connectivity index (χ3v) is 9.45. The molecule has 2 aliphatic carbocycles. The highest BCUT2D eigenvalue weighted by Gasteiger charge is 2.65. The summed E-state index contributed by atoms with van der Waals surface area (Å²) in [5, 5.41) is 11.6. The number of ether oxygens (including phenoxy) is 3. The number of carbonyl (C=O) groups excluding carboxylic acids is 3. The fraction of sp³-hybridized carbons (Fsp3) is 0.433.